The summed E-state index contributed by atoms with van der Waals surface area (Å²) in [4.78, 5) is 13.4. The van der Waals surface area contributed by atoms with Gasteiger partial charge in [0.1, 0.15) is 73.2 Å². The molecule has 490 valence electrons. The topological polar surface area (TPSA) is 307 Å². The van der Waals surface area contributed by atoms with Gasteiger partial charge in [0, 0.05) is 6.42 Å². The summed E-state index contributed by atoms with van der Waals surface area (Å²) in [5, 5.41) is 120. The van der Waals surface area contributed by atoms with Gasteiger partial charge in [0.05, 0.1) is 38.6 Å². The van der Waals surface area contributed by atoms with E-state index >= 15 is 0 Å². The van der Waals surface area contributed by atoms with E-state index in [1.807, 2.05) is 6.08 Å². The Morgan fingerprint density at radius 3 is 1.19 bits per heavy atom. The largest absolute Gasteiger partial charge is 0.394 e. The third kappa shape index (κ3) is 30.3. The highest BCUT2D eigenvalue weighted by molar-refractivity contribution is 5.76. The first-order valence-corrected chi connectivity index (χ1v) is 32.9. The van der Waals surface area contributed by atoms with Crippen molar-refractivity contribution in [2.45, 2.75) is 330 Å². The van der Waals surface area contributed by atoms with Crippen LogP contribution in [0.2, 0.25) is 0 Å². The highest BCUT2D eigenvalue weighted by atomic mass is 16.8. The Hall–Kier alpha value is -2.25. The average molecular weight is 1200 g/mol. The molecule has 1 amide bonds. The number of carbonyl (C=O) groups is 1. The van der Waals surface area contributed by atoms with E-state index in [1.54, 1.807) is 6.08 Å². The van der Waals surface area contributed by atoms with Crippen LogP contribution in [-0.4, -0.2) is 193 Å². The lowest BCUT2D eigenvalue weighted by Gasteiger charge is -2.48. The Bertz CT molecular complexity index is 1720. The Morgan fingerprint density at radius 1 is 0.417 bits per heavy atom. The van der Waals surface area contributed by atoms with Crippen LogP contribution >= 0.6 is 0 Å². The number of hydrogen-bond donors (Lipinski definition) is 12. The molecule has 0 radical (unpaired) electrons. The molecule has 0 aromatic carbocycles. The molecule has 19 nitrogen and oxygen atoms in total. The van der Waals surface area contributed by atoms with Crippen molar-refractivity contribution in [3.63, 3.8) is 0 Å². The normalized spacial score (nSPS) is 29.5. The maximum absolute atomic E-state index is 13.4. The number of amides is 1. The van der Waals surface area contributed by atoms with E-state index in [0.29, 0.717) is 12.8 Å². The zero-order chi connectivity index (χ0) is 61.2. The molecule has 3 saturated heterocycles. The number of allylic oxidation sites excluding steroid dienone is 7. The van der Waals surface area contributed by atoms with Gasteiger partial charge in [-0.05, 0) is 70.6 Å². The first-order valence-electron chi connectivity index (χ1n) is 32.9. The molecule has 3 aliphatic heterocycles. The molecule has 0 saturated carbocycles. The summed E-state index contributed by atoms with van der Waals surface area (Å²) in [6, 6.07) is -0.998. The fraction of sp³-hybridized carbons (Fsp3) is 0.862. The molecule has 0 aromatic heterocycles. The van der Waals surface area contributed by atoms with Crippen LogP contribution in [-0.2, 0) is 33.2 Å². The Labute approximate surface area is 503 Å². The number of aliphatic hydroxyl groups is 11. The van der Waals surface area contributed by atoms with Crippen LogP contribution in [0.3, 0.4) is 0 Å². The number of rotatable bonds is 49. The average Bonchev–Trinajstić information content (AvgIpc) is 2.76. The molecule has 12 N–H and O–H groups in total. The summed E-state index contributed by atoms with van der Waals surface area (Å²) in [6.07, 6.45) is 28.0. The van der Waals surface area contributed by atoms with Crippen LogP contribution in [0.1, 0.15) is 226 Å². The van der Waals surface area contributed by atoms with E-state index in [-0.39, 0.29) is 18.9 Å². The second-order valence-corrected chi connectivity index (χ2v) is 23.6. The van der Waals surface area contributed by atoms with Gasteiger partial charge < -0.3 is 89.9 Å². The minimum Gasteiger partial charge on any atom is -0.394 e. The Balaban J connectivity index is 1.49. The number of carbonyl (C=O) groups excluding carboxylic acids is 1. The lowest BCUT2D eigenvalue weighted by atomic mass is 9.96. The zero-order valence-corrected chi connectivity index (χ0v) is 51.4. The first-order chi connectivity index (χ1) is 40.8. The van der Waals surface area contributed by atoms with Crippen molar-refractivity contribution in [3.8, 4) is 0 Å². The van der Waals surface area contributed by atoms with Crippen molar-refractivity contribution >= 4 is 5.91 Å². The van der Waals surface area contributed by atoms with Crippen molar-refractivity contribution in [3.05, 3.63) is 48.6 Å². The third-order valence-electron chi connectivity index (χ3n) is 16.3. The quantitative estimate of drug-likeness (QED) is 0.0208. The zero-order valence-electron chi connectivity index (χ0n) is 51.4. The van der Waals surface area contributed by atoms with Gasteiger partial charge >= 0.3 is 0 Å². The highest BCUT2D eigenvalue weighted by Gasteiger charge is 2.53. The first kappa shape index (κ1) is 76.0. The fourth-order valence-corrected chi connectivity index (χ4v) is 10.9. The smallest absolute Gasteiger partial charge is 0.220 e. The summed E-state index contributed by atoms with van der Waals surface area (Å²) in [6.45, 7) is 1.70. The minimum atomic E-state index is -1.98. The van der Waals surface area contributed by atoms with Crippen LogP contribution in [0.25, 0.3) is 0 Å². The van der Waals surface area contributed by atoms with E-state index in [9.17, 15) is 61.0 Å². The maximum atomic E-state index is 13.4. The molecular weight excluding hydrogens is 1080 g/mol. The van der Waals surface area contributed by atoms with E-state index < -0.39 is 124 Å². The van der Waals surface area contributed by atoms with Crippen LogP contribution in [0.5, 0.6) is 0 Å². The van der Waals surface area contributed by atoms with Gasteiger partial charge in [0.2, 0.25) is 5.91 Å². The van der Waals surface area contributed by atoms with Crippen molar-refractivity contribution in [2.24, 2.45) is 0 Å². The van der Waals surface area contributed by atoms with E-state index in [2.05, 4.69) is 55.6 Å². The van der Waals surface area contributed by atoms with E-state index in [0.717, 1.165) is 57.8 Å². The number of unbranched alkanes of at least 4 members (excludes halogenated alkanes) is 27. The molecule has 3 heterocycles. The summed E-state index contributed by atoms with van der Waals surface area (Å²) >= 11 is 0. The van der Waals surface area contributed by atoms with E-state index in [4.69, 9.17) is 28.4 Å². The molecule has 3 aliphatic rings. The summed E-state index contributed by atoms with van der Waals surface area (Å²) in [5.74, 6) is -0.292. The molecule has 0 bridgehead atoms. The van der Waals surface area contributed by atoms with Crippen LogP contribution in [0, 0.1) is 0 Å². The monoisotopic (exact) mass is 1200 g/mol. The number of nitrogens with one attached hydrogen (secondary N) is 1. The van der Waals surface area contributed by atoms with Gasteiger partial charge in [-0.25, -0.2) is 0 Å². The van der Waals surface area contributed by atoms with Crippen LogP contribution in [0.4, 0.5) is 0 Å². The second kappa shape index (κ2) is 47.7. The van der Waals surface area contributed by atoms with Crippen molar-refractivity contribution in [1.82, 2.24) is 5.32 Å². The number of hydrogen-bond acceptors (Lipinski definition) is 18. The molecule has 0 aliphatic carbocycles. The van der Waals surface area contributed by atoms with Gasteiger partial charge in [0.25, 0.3) is 0 Å². The van der Waals surface area contributed by atoms with Crippen molar-refractivity contribution < 1.29 is 89.4 Å². The van der Waals surface area contributed by atoms with Gasteiger partial charge in [0.15, 0.2) is 18.9 Å². The highest BCUT2D eigenvalue weighted by Crippen LogP contribution is 2.33. The Morgan fingerprint density at radius 2 is 0.762 bits per heavy atom. The van der Waals surface area contributed by atoms with Gasteiger partial charge in [-0.15, -0.1) is 0 Å². The number of ether oxygens (including phenoxy) is 6. The summed E-state index contributed by atoms with van der Waals surface area (Å²) in [5.41, 5.74) is 0. The molecule has 0 aromatic rings. The van der Waals surface area contributed by atoms with Gasteiger partial charge in [-0.1, -0.05) is 197 Å². The molecule has 0 spiro atoms. The van der Waals surface area contributed by atoms with Crippen molar-refractivity contribution in [2.75, 3.05) is 26.4 Å². The molecule has 19 heteroatoms. The standard InChI is InChI=1S/C65H117NO18/c1-3-5-7-9-11-13-15-17-19-21-23-24-25-27-29-31-33-35-37-39-41-43-53(71)66-48(49(70)42-40-38-36-34-32-30-28-26-22-20-18-16-14-12-10-8-6-4-2)47-79-63-59(77)56(74)61(51(45-68)81-63)84-65-60(78)57(75)62(52(46-69)82-65)83-64-58(76)55(73)54(72)50(44-67)80-64/h21-23,26,32,34,40,42,48-52,54-65,67-70,72-78H,3-20,24-25,27-31,33,35-39,41,43-47H2,1-2H3,(H,66,71)/b23-21-,26-22+,34-32+,42-40+. The van der Waals surface area contributed by atoms with Gasteiger partial charge in [-0.2, -0.15) is 0 Å². The fourth-order valence-electron chi connectivity index (χ4n) is 10.9. The van der Waals surface area contributed by atoms with Crippen LogP contribution in [0.15, 0.2) is 48.6 Å². The lowest BCUT2D eigenvalue weighted by molar-refractivity contribution is -0.379. The molecule has 3 rings (SSSR count). The summed E-state index contributed by atoms with van der Waals surface area (Å²) < 4.78 is 34.3. The maximum Gasteiger partial charge on any atom is 0.220 e. The molecular formula is C65H117NO18. The van der Waals surface area contributed by atoms with Crippen molar-refractivity contribution in [1.29, 1.82) is 0 Å². The molecule has 17 atom stereocenters. The predicted molar refractivity (Wildman–Crippen MR) is 323 cm³/mol. The molecule has 17 unspecified atom stereocenters. The third-order valence-corrected chi connectivity index (χ3v) is 16.3. The number of aliphatic hydroxyl groups excluding tert-OH is 11. The summed E-state index contributed by atoms with van der Waals surface area (Å²) in [7, 11) is 0. The molecule has 84 heavy (non-hydrogen) atoms. The molecule has 3 fully saturated rings. The SMILES string of the molecule is CCCCCCCCCC/C=C\CCCCCCCCCCCC(=O)NC(COC1OC(CO)C(OC2OC(CO)C(OC3OC(CO)C(O)C(O)C3O)C(O)C2O)C(O)C1O)C(O)/C=C/CC/C=C/CC/C=C/CCCCCCCCCC. The van der Waals surface area contributed by atoms with Crippen LogP contribution < -0.4 is 5.32 Å². The second-order valence-electron chi connectivity index (χ2n) is 23.6. The predicted octanol–water partition coefficient (Wildman–Crippen LogP) is 7.43. The Kier molecular flexibility index (Phi) is 43.2. The van der Waals surface area contributed by atoms with E-state index in [1.165, 1.54) is 135 Å². The lowest BCUT2D eigenvalue weighted by Crippen LogP contribution is -2.66. The van der Waals surface area contributed by atoms with Gasteiger partial charge in [-0.3, -0.25) is 4.79 Å². The minimum absolute atomic E-state index is 0.229.